The van der Waals surface area contributed by atoms with Crippen LogP contribution in [-0.4, -0.2) is 15.0 Å². The Kier molecular flexibility index (Phi) is 4.81. The summed E-state index contributed by atoms with van der Waals surface area (Å²) in [7, 11) is 1.73. The minimum absolute atomic E-state index is 0.0126. The van der Waals surface area contributed by atoms with Crippen molar-refractivity contribution in [3.63, 3.8) is 0 Å². The van der Waals surface area contributed by atoms with Gasteiger partial charge in [-0.1, -0.05) is 66.7 Å². The molecule has 0 aliphatic heterocycles. The number of nitrogens with one attached hydrogen (secondary N) is 1. The highest BCUT2D eigenvalue weighted by Crippen LogP contribution is 2.23. The second-order valence-electron chi connectivity index (χ2n) is 6.76. The monoisotopic (exact) mass is 371 g/mol. The Balaban J connectivity index is 1.63. The Labute approximate surface area is 162 Å². The van der Waals surface area contributed by atoms with Gasteiger partial charge < -0.3 is 5.32 Å². The SMILES string of the molecule is Cn1c(=O)n(CC(=O)NCc2ccccc2)c2cc(-c3ccccc3)ccc21. The molecular weight excluding hydrogens is 350 g/mol. The predicted molar refractivity (Wildman–Crippen MR) is 111 cm³/mol. The fourth-order valence-corrected chi connectivity index (χ4v) is 3.37. The first-order valence-electron chi connectivity index (χ1n) is 9.19. The lowest BCUT2D eigenvalue weighted by Crippen LogP contribution is -2.32. The van der Waals surface area contributed by atoms with E-state index in [0.717, 1.165) is 27.7 Å². The van der Waals surface area contributed by atoms with E-state index < -0.39 is 0 Å². The molecule has 0 spiro atoms. The highest BCUT2D eigenvalue weighted by molar-refractivity contribution is 5.84. The third-order valence-electron chi connectivity index (χ3n) is 4.89. The van der Waals surface area contributed by atoms with E-state index in [0.29, 0.717) is 6.54 Å². The summed E-state index contributed by atoms with van der Waals surface area (Å²) in [6.07, 6.45) is 0. The molecule has 0 aliphatic carbocycles. The van der Waals surface area contributed by atoms with Gasteiger partial charge in [0.1, 0.15) is 6.54 Å². The molecule has 1 amide bonds. The molecule has 1 aromatic heterocycles. The molecule has 0 radical (unpaired) electrons. The molecule has 4 aromatic rings. The van der Waals surface area contributed by atoms with Crippen LogP contribution in [0.4, 0.5) is 0 Å². The number of aryl methyl sites for hydroxylation is 1. The average molecular weight is 371 g/mol. The number of amides is 1. The standard InChI is InChI=1S/C23H21N3O2/c1-25-20-13-12-19(18-10-6-3-7-11-18)14-21(20)26(23(25)28)16-22(27)24-15-17-8-4-2-5-9-17/h2-14H,15-16H2,1H3,(H,24,27). The van der Waals surface area contributed by atoms with Crippen LogP contribution in [0.25, 0.3) is 22.2 Å². The maximum atomic E-state index is 12.7. The summed E-state index contributed by atoms with van der Waals surface area (Å²) in [5.74, 6) is -0.191. The molecular formula is C23H21N3O2. The van der Waals surface area contributed by atoms with E-state index in [9.17, 15) is 9.59 Å². The lowest BCUT2D eigenvalue weighted by Gasteiger charge is -2.07. The Morgan fingerprint density at radius 3 is 2.25 bits per heavy atom. The van der Waals surface area contributed by atoms with Gasteiger partial charge in [0.25, 0.3) is 0 Å². The van der Waals surface area contributed by atoms with Crippen LogP contribution in [0, 0.1) is 0 Å². The van der Waals surface area contributed by atoms with Crippen LogP contribution in [0.1, 0.15) is 5.56 Å². The van der Waals surface area contributed by atoms with Gasteiger partial charge in [-0.15, -0.1) is 0 Å². The first-order chi connectivity index (χ1) is 13.6. The van der Waals surface area contributed by atoms with Crippen molar-refractivity contribution in [1.82, 2.24) is 14.5 Å². The van der Waals surface area contributed by atoms with Gasteiger partial charge in [0.05, 0.1) is 11.0 Å². The predicted octanol–water partition coefficient (Wildman–Crippen LogP) is 3.32. The number of carbonyl (C=O) groups excluding carboxylic acids is 1. The molecule has 1 heterocycles. The van der Waals surface area contributed by atoms with Crippen molar-refractivity contribution in [3.05, 3.63) is 94.9 Å². The van der Waals surface area contributed by atoms with Crippen LogP contribution in [0.2, 0.25) is 0 Å². The van der Waals surface area contributed by atoms with Gasteiger partial charge in [-0.05, 0) is 28.8 Å². The van der Waals surface area contributed by atoms with Crippen LogP contribution < -0.4 is 11.0 Å². The molecule has 28 heavy (non-hydrogen) atoms. The van der Waals surface area contributed by atoms with Gasteiger partial charge in [0, 0.05) is 13.6 Å². The summed E-state index contributed by atoms with van der Waals surface area (Å²) >= 11 is 0. The maximum absolute atomic E-state index is 12.7. The summed E-state index contributed by atoms with van der Waals surface area (Å²) in [6.45, 7) is 0.426. The molecule has 1 N–H and O–H groups in total. The van der Waals surface area contributed by atoms with Crippen molar-refractivity contribution < 1.29 is 4.79 Å². The van der Waals surface area contributed by atoms with Crippen molar-refractivity contribution in [3.8, 4) is 11.1 Å². The Bertz CT molecular complexity index is 1180. The van der Waals surface area contributed by atoms with E-state index in [2.05, 4.69) is 5.32 Å². The number of hydrogen-bond acceptors (Lipinski definition) is 2. The minimum atomic E-state index is -0.199. The van der Waals surface area contributed by atoms with E-state index >= 15 is 0 Å². The van der Waals surface area contributed by atoms with Crippen LogP contribution in [0.5, 0.6) is 0 Å². The van der Waals surface area contributed by atoms with Gasteiger partial charge in [-0.25, -0.2) is 4.79 Å². The van der Waals surface area contributed by atoms with Crippen molar-refractivity contribution in [2.24, 2.45) is 7.05 Å². The average Bonchev–Trinajstić information content (AvgIpc) is 2.98. The molecule has 0 aliphatic rings. The van der Waals surface area contributed by atoms with Crippen molar-refractivity contribution in [2.45, 2.75) is 13.1 Å². The number of nitrogens with zero attached hydrogens (tertiary/aromatic N) is 2. The smallest absolute Gasteiger partial charge is 0.329 e. The van der Waals surface area contributed by atoms with E-state index in [1.54, 1.807) is 11.6 Å². The first kappa shape index (κ1) is 17.8. The largest absolute Gasteiger partial charge is 0.350 e. The Morgan fingerprint density at radius 1 is 0.857 bits per heavy atom. The summed E-state index contributed by atoms with van der Waals surface area (Å²) in [6, 6.07) is 25.6. The van der Waals surface area contributed by atoms with Gasteiger partial charge in [-0.3, -0.25) is 13.9 Å². The lowest BCUT2D eigenvalue weighted by atomic mass is 10.1. The fraction of sp³-hybridized carbons (Fsp3) is 0.130. The van der Waals surface area contributed by atoms with Gasteiger partial charge in [-0.2, -0.15) is 0 Å². The number of benzene rings is 3. The highest BCUT2D eigenvalue weighted by Gasteiger charge is 2.14. The molecule has 4 rings (SSSR count). The second kappa shape index (κ2) is 7.56. The molecule has 140 valence electrons. The summed E-state index contributed by atoms with van der Waals surface area (Å²) in [5, 5.41) is 2.89. The molecule has 5 heteroatoms. The zero-order valence-corrected chi connectivity index (χ0v) is 15.6. The molecule has 0 unspecified atom stereocenters. The number of aromatic nitrogens is 2. The van der Waals surface area contributed by atoms with Gasteiger partial charge in [0.2, 0.25) is 5.91 Å². The lowest BCUT2D eigenvalue weighted by molar-refractivity contribution is -0.121. The molecule has 0 saturated heterocycles. The molecule has 0 saturated carbocycles. The number of hydrogen-bond donors (Lipinski definition) is 1. The summed E-state index contributed by atoms with van der Waals surface area (Å²) in [4.78, 5) is 25.2. The zero-order valence-electron chi connectivity index (χ0n) is 15.6. The van der Waals surface area contributed by atoms with Crippen molar-refractivity contribution in [1.29, 1.82) is 0 Å². The van der Waals surface area contributed by atoms with Crippen molar-refractivity contribution >= 4 is 16.9 Å². The topological polar surface area (TPSA) is 56.0 Å². The highest BCUT2D eigenvalue weighted by atomic mass is 16.2. The number of rotatable bonds is 5. The molecule has 3 aromatic carbocycles. The van der Waals surface area contributed by atoms with Gasteiger partial charge >= 0.3 is 5.69 Å². The molecule has 0 atom stereocenters. The normalized spacial score (nSPS) is 10.9. The van der Waals surface area contributed by atoms with Crippen LogP contribution >= 0.6 is 0 Å². The summed E-state index contributed by atoms with van der Waals surface area (Å²) in [5.41, 5.74) is 4.46. The number of fused-ring (bicyclic) bond motifs is 1. The fourth-order valence-electron chi connectivity index (χ4n) is 3.37. The zero-order chi connectivity index (χ0) is 19.5. The Hall–Kier alpha value is -3.60. The number of carbonyl (C=O) groups is 1. The third kappa shape index (κ3) is 3.47. The minimum Gasteiger partial charge on any atom is -0.350 e. The van der Waals surface area contributed by atoms with Crippen LogP contribution in [-0.2, 0) is 24.9 Å². The quantitative estimate of drug-likeness (QED) is 0.585. The second-order valence-corrected chi connectivity index (χ2v) is 6.76. The molecule has 5 nitrogen and oxygen atoms in total. The van der Waals surface area contributed by atoms with Crippen molar-refractivity contribution in [2.75, 3.05) is 0 Å². The van der Waals surface area contributed by atoms with Crippen LogP contribution in [0.3, 0.4) is 0 Å². The van der Waals surface area contributed by atoms with E-state index in [4.69, 9.17) is 0 Å². The third-order valence-corrected chi connectivity index (χ3v) is 4.89. The Morgan fingerprint density at radius 2 is 1.54 bits per heavy atom. The van der Waals surface area contributed by atoms with Gasteiger partial charge in [0.15, 0.2) is 0 Å². The maximum Gasteiger partial charge on any atom is 0.329 e. The summed E-state index contributed by atoms with van der Waals surface area (Å²) < 4.78 is 3.11. The first-order valence-corrected chi connectivity index (χ1v) is 9.19. The van der Waals surface area contributed by atoms with E-state index in [1.807, 2.05) is 78.9 Å². The van der Waals surface area contributed by atoms with E-state index in [1.165, 1.54) is 4.57 Å². The molecule has 0 bridgehead atoms. The molecule has 0 fully saturated rings. The number of imidazole rings is 1. The van der Waals surface area contributed by atoms with Crippen LogP contribution in [0.15, 0.2) is 83.7 Å². The van der Waals surface area contributed by atoms with E-state index in [-0.39, 0.29) is 18.1 Å².